The zero-order valence-electron chi connectivity index (χ0n) is 11.8. The van der Waals surface area contributed by atoms with Crippen LogP contribution in [0.15, 0.2) is 36.7 Å². The Labute approximate surface area is 124 Å². The Morgan fingerprint density at radius 1 is 1.30 bits per heavy atom. The van der Waals surface area contributed by atoms with Gasteiger partial charge in [0.05, 0.1) is 28.7 Å². The van der Waals surface area contributed by atoms with Gasteiger partial charge in [-0.25, -0.2) is 0 Å². The number of amides is 1. The monoisotopic (exact) mass is 294 g/mol. The van der Waals surface area contributed by atoms with E-state index in [-0.39, 0.29) is 23.9 Å². The van der Waals surface area contributed by atoms with E-state index in [1.165, 1.54) is 0 Å². The third-order valence-corrected chi connectivity index (χ3v) is 2.74. The van der Waals surface area contributed by atoms with Crippen LogP contribution >= 0.6 is 12.4 Å². The number of para-hydroxylation sites is 2. The van der Waals surface area contributed by atoms with E-state index in [0.29, 0.717) is 16.9 Å². The summed E-state index contributed by atoms with van der Waals surface area (Å²) in [6.07, 6.45) is 3.29. The van der Waals surface area contributed by atoms with E-state index < -0.39 is 0 Å². The van der Waals surface area contributed by atoms with Crippen LogP contribution in [0, 0.1) is 0 Å². The number of carbonyl (C=O) groups excluding carboxylic acids is 1. The zero-order valence-corrected chi connectivity index (χ0v) is 12.6. The molecular weight excluding hydrogens is 276 g/mol. The Hall–Kier alpha value is -2.01. The van der Waals surface area contributed by atoms with Crippen LogP contribution in [0.2, 0.25) is 0 Å². The summed E-state index contributed by atoms with van der Waals surface area (Å²) in [6, 6.07) is 7.16. The number of nitrogen functional groups attached to an aromatic ring is 1. The lowest BCUT2D eigenvalue weighted by molar-refractivity contribution is 0.102. The zero-order chi connectivity index (χ0) is 14.0. The maximum Gasteiger partial charge on any atom is 0.258 e. The number of anilines is 2. The molecule has 2 rings (SSSR count). The molecule has 1 amide bonds. The maximum absolute atomic E-state index is 12.1. The van der Waals surface area contributed by atoms with E-state index in [9.17, 15) is 4.79 Å². The van der Waals surface area contributed by atoms with Gasteiger partial charge in [0, 0.05) is 6.20 Å². The van der Waals surface area contributed by atoms with Gasteiger partial charge in [0.25, 0.3) is 5.91 Å². The number of nitrogens with two attached hydrogens (primary N) is 1. The minimum atomic E-state index is -0.214. The second kappa shape index (κ2) is 5.96. The Morgan fingerprint density at radius 2 is 1.95 bits per heavy atom. The summed E-state index contributed by atoms with van der Waals surface area (Å²) < 4.78 is 1.76. The van der Waals surface area contributed by atoms with Crippen molar-refractivity contribution in [2.45, 2.75) is 26.3 Å². The van der Waals surface area contributed by atoms with Crippen LogP contribution in [-0.4, -0.2) is 15.7 Å². The fraction of sp³-hybridized carbons (Fsp3) is 0.286. The fourth-order valence-corrected chi connectivity index (χ4v) is 1.61. The average molecular weight is 295 g/mol. The Morgan fingerprint density at radius 3 is 2.50 bits per heavy atom. The highest BCUT2D eigenvalue weighted by Crippen LogP contribution is 2.18. The minimum absolute atomic E-state index is 0. The number of carbonyl (C=O) groups is 1. The number of hydrogen-bond donors (Lipinski definition) is 2. The largest absolute Gasteiger partial charge is 0.397 e. The molecule has 1 heterocycles. The molecule has 0 unspecified atom stereocenters. The van der Waals surface area contributed by atoms with Crippen LogP contribution in [0.3, 0.4) is 0 Å². The number of hydrogen-bond acceptors (Lipinski definition) is 3. The van der Waals surface area contributed by atoms with Gasteiger partial charge in [-0.05, 0) is 32.9 Å². The number of aromatic nitrogens is 2. The Bertz CT molecular complexity index is 601. The molecule has 0 saturated heterocycles. The molecule has 2 aromatic rings. The lowest BCUT2D eigenvalue weighted by Crippen LogP contribution is -2.22. The molecule has 0 aliphatic rings. The number of nitrogens with zero attached hydrogens (tertiary/aromatic N) is 2. The average Bonchev–Trinajstić information content (AvgIpc) is 2.81. The van der Waals surface area contributed by atoms with Gasteiger partial charge in [-0.2, -0.15) is 5.10 Å². The molecule has 1 aromatic carbocycles. The molecule has 0 aliphatic heterocycles. The summed E-state index contributed by atoms with van der Waals surface area (Å²) in [7, 11) is 0. The van der Waals surface area contributed by atoms with Crippen molar-refractivity contribution in [2.24, 2.45) is 0 Å². The number of rotatable bonds is 2. The van der Waals surface area contributed by atoms with Crippen LogP contribution in [0.5, 0.6) is 0 Å². The molecule has 0 radical (unpaired) electrons. The molecule has 0 saturated carbocycles. The first-order valence-electron chi connectivity index (χ1n) is 6.09. The molecule has 0 spiro atoms. The van der Waals surface area contributed by atoms with E-state index in [1.54, 1.807) is 29.2 Å². The van der Waals surface area contributed by atoms with E-state index in [0.717, 1.165) is 0 Å². The number of nitrogens with one attached hydrogen (secondary N) is 1. The van der Waals surface area contributed by atoms with Gasteiger partial charge < -0.3 is 11.1 Å². The summed E-state index contributed by atoms with van der Waals surface area (Å²) in [4.78, 5) is 12.1. The lowest BCUT2D eigenvalue weighted by Gasteiger charge is -2.18. The second-order valence-corrected chi connectivity index (χ2v) is 5.39. The molecule has 20 heavy (non-hydrogen) atoms. The minimum Gasteiger partial charge on any atom is -0.397 e. The van der Waals surface area contributed by atoms with Crippen LogP contribution in [-0.2, 0) is 5.54 Å². The van der Waals surface area contributed by atoms with Gasteiger partial charge in [0.1, 0.15) is 0 Å². The van der Waals surface area contributed by atoms with Crippen molar-refractivity contribution in [3.05, 3.63) is 42.2 Å². The summed E-state index contributed by atoms with van der Waals surface area (Å²) in [5, 5.41) is 6.97. The van der Waals surface area contributed by atoms with Crippen molar-refractivity contribution >= 4 is 29.7 Å². The van der Waals surface area contributed by atoms with Crippen molar-refractivity contribution in [3.63, 3.8) is 0 Å². The molecule has 1 aromatic heterocycles. The van der Waals surface area contributed by atoms with Gasteiger partial charge in [0.15, 0.2) is 0 Å². The van der Waals surface area contributed by atoms with Gasteiger partial charge in [-0.1, -0.05) is 12.1 Å². The fourth-order valence-electron chi connectivity index (χ4n) is 1.61. The highest BCUT2D eigenvalue weighted by molar-refractivity contribution is 6.05. The van der Waals surface area contributed by atoms with Crippen molar-refractivity contribution < 1.29 is 4.79 Å². The first-order valence-corrected chi connectivity index (χ1v) is 6.09. The molecule has 0 atom stereocenters. The number of halogens is 1. The highest BCUT2D eigenvalue weighted by atomic mass is 35.5. The highest BCUT2D eigenvalue weighted by Gasteiger charge is 2.17. The Balaban J connectivity index is 0.00000200. The van der Waals surface area contributed by atoms with Gasteiger partial charge >= 0.3 is 0 Å². The van der Waals surface area contributed by atoms with Crippen molar-refractivity contribution in [1.29, 1.82) is 0 Å². The molecule has 0 fully saturated rings. The molecular formula is C14H19ClN4O. The lowest BCUT2D eigenvalue weighted by atomic mass is 10.1. The summed E-state index contributed by atoms with van der Waals surface area (Å²) in [5.41, 5.74) is 7.30. The third kappa shape index (κ3) is 3.51. The summed E-state index contributed by atoms with van der Waals surface area (Å²) >= 11 is 0. The second-order valence-electron chi connectivity index (χ2n) is 5.39. The first kappa shape index (κ1) is 16.0. The van der Waals surface area contributed by atoms with Crippen molar-refractivity contribution in [1.82, 2.24) is 9.78 Å². The van der Waals surface area contributed by atoms with Gasteiger partial charge in [0.2, 0.25) is 0 Å². The van der Waals surface area contributed by atoms with Crippen LogP contribution in [0.25, 0.3) is 0 Å². The van der Waals surface area contributed by atoms with Crippen LogP contribution < -0.4 is 11.1 Å². The quantitative estimate of drug-likeness (QED) is 0.837. The van der Waals surface area contributed by atoms with E-state index in [4.69, 9.17) is 5.73 Å². The Kier molecular flexibility index (Phi) is 4.78. The van der Waals surface area contributed by atoms with Crippen molar-refractivity contribution in [2.75, 3.05) is 11.1 Å². The molecule has 5 nitrogen and oxygen atoms in total. The molecule has 6 heteroatoms. The maximum atomic E-state index is 12.1. The smallest absolute Gasteiger partial charge is 0.258 e. The van der Waals surface area contributed by atoms with Gasteiger partial charge in [-0.15, -0.1) is 12.4 Å². The summed E-state index contributed by atoms with van der Waals surface area (Å²) in [6.45, 7) is 6.07. The predicted molar refractivity (Wildman–Crippen MR) is 83.3 cm³/mol. The standard InChI is InChI=1S/C14H18N4O.ClH/c1-14(2,3)18-9-10(8-16-18)13(19)17-12-7-5-4-6-11(12)15;/h4-9H,15H2,1-3H3,(H,17,19);1H. The van der Waals surface area contributed by atoms with E-state index in [2.05, 4.69) is 10.4 Å². The van der Waals surface area contributed by atoms with E-state index >= 15 is 0 Å². The normalized spacial score (nSPS) is 10.8. The molecule has 3 N–H and O–H groups in total. The van der Waals surface area contributed by atoms with Crippen LogP contribution in [0.4, 0.5) is 11.4 Å². The summed E-state index contributed by atoms with van der Waals surface area (Å²) in [5.74, 6) is -0.214. The third-order valence-electron chi connectivity index (χ3n) is 2.74. The van der Waals surface area contributed by atoms with E-state index in [1.807, 2.05) is 32.9 Å². The number of benzene rings is 1. The molecule has 108 valence electrons. The van der Waals surface area contributed by atoms with Crippen LogP contribution in [0.1, 0.15) is 31.1 Å². The first-order chi connectivity index (χ1) is 8.88. The van der Waals surface area contributed by atoms with Gasteiger partial charge in [-0.3, -0.25) is 9.48 Å². The van der Waals surface area contributed by atoms with Crippen molar-refractivity contribution in [3.8, 4) is 0 Å². The predicted octanol–water partition coefficient (Wildman–Crippen LogP) is 2.89. The SMILES string of the molecule is CC(C)(C)n1cc(C(=O)Nc2ccccc2N)cn1.Cl. The molecule has 0 aliphatic carbocycles. The molecule has 0 bridgehead atoms. The topological polar surface area (TPSA) is 72.9 Å².